The molecule has 0 radical (unpaired) electrons. The average Bonchev–Trinajstić information content (AvgIpc) is 2.40. The van der Waals surface area contributed by atoms with Crippen LogP contribution in [0.15, 0.2) is 24.3 Å². The molecule has 0 aromatic heterocycles. The van der Waals surface area contributed by atoms with Gasteiger partial charge in [0.2, 0.25) is 0 Å². The maximum atomic E-state index is 5.27. The van der Waals surface area contributed by atoms with Crippen molar-refractivity contribution in [3.05, 3.63) is 29.8 Å². The molecule has 0 saturated heterocycles. The molecule has 1 atom stereocenters. The molecule has 1 saturated carbocycles. The third-order valence-electron chi connectivity index (χ3n) is 3.91. The predicted octanol–water partition coefficient (Wildman–Crippen LogP) is 4.97. The van der Waals surface area contributed by atoms with Gasteiger partial charge in [0.1, 0.15) is 5.75 Å². The molecule has 1 aliphatic carbocycles. The third kappa shape index (κ3) is 4.31. The van der Waals surface area contributed by atoms with E-state index < -0.39 is 0 Å². The Morgan fingerprint density at radius 2 is 2.06 bits per heavy atom. The van der Waals surface area contributed by atoms with Gasteiger partial charge in [0.15, 0.2) is 0 Å². The minimum absolute atomic E-state index is 0.604. The smallest absolute Gasteiger partial charge is 0.119 e. The highest BCUT2D eigenvalue weighted by molar-refractivity contribution is 9.09. The van der Waals surface area contributed by atoms with E-state index in [1.54, 1.807) is 7.11 Å². The molecule has 0 amide bonds. The second kappa shape index (κ2) is 7.18. The van der Waals surface area contributed by atoms with Crippen LogP contribution in [0.1, 0.15) is 44.1 Å². The zero-order valence-electron chi connectivity index (χ0n) is 11.2. The molecule has 18 heavy (non-hydrogen) atoms. The molecule has 0 bridgehead atoms. The monoisotopic (exact) mass is 310 g/mol. The van der Waals surface area contributed by atoms with Crippen LogP contribution in [0.2, 0.25) is 0 Å². The Labute approximate surface area is 119 Å². The van der Waals surface area contributed by atoms with Gasteiger partial charge in [0.25, 0.3) is 0 Å². The molecular formula is C16H23BrO. The first kappa shape index (κ1) is 13.9. The summed E-state index contributed by atoms with van der Waals surface area (Å²) in [5.41, 5.74) is 1.37. The average molecular weight is 311 g/mol. The number of rotatable bonds is 5. The van der Waals surface area contributed by atoms with Crippen LogP contribution < -0.4 is 4.74 Å². The van der Waals surface area contributed by atoms with Crippen molar-refractivity contribution in [2.45, 2.75) is 49.8 Å². The predicted molar refractivity (Wildman–Crippen MR) is 80.6 cm³/mol. The molecule has 0 N–H and O–H groups in total. The molecule has 1 aromatic carbocycles. The van der Waals surface area contributed by atoms with Crippen molar-refractivity contribution in [3.8, 4) is 5.75 Å². The molecular weight excluding hydrogens is 288 g/mol. The van der Waals surface area contributed by atoms with E-state index in [4.69, 9.17) is 4.74 Å². The molecule has 0 aliphatic heterocycles. The second-order valence-corrected chi connectivity index (χ2v) is 6.69. The van der Waals surface area contributed by atoms with Crippen molar-refractivity contribution in [2.75, 3.05) is 7.11 Å². The third-order valence-corrected chi connectivity index (χ3v) is 4.60. The van der Waals surface area contributed by atoms with Crippen molar-refractivity contribution in [1.82, 2.24) is 0 Å². The molecule has 0 heterocycles. The molecule has 2 rings (SSSR count). The minimum Gasteiger partial charge on any atom is -0.497 e. The van der Waals surface area contributed by atoms with Gasteiger partial charge < -0.3 is 4.74 Å². The van der Waals surface area contributed by atoms with Crippen LogP contribution in [-0.4, -0.2) is 11.9 Å². The SMILES string of the molecule is COc1cccc(CC(Br)CC2CCCCC2)c1. The van der Waals surface area contributed by atoms with Crippen LogP contribution in [0, 0.1) is 5.92 Å². The van der Waals surface area contributed by atoms with Crippen LogP contribution >= 0.6 is 15.9 Å². The summed E-state index contributed by atoms with van der Waals surface area (Å²) in [6.45, 7) is 0. The second-order valence-electron chi connectivity index (χ2n) is 5.39. The maximum absolute atomic E-state index is 5.27. The van der Waals surface area contributed by atoms with E-state index in [-0.39, 0.29) is 0 Å². The maximum Gasteiger partial charge on any atom is 0.119 e. The van der Waals surface area contributed by atoms with Crippen molar-refractivity contribution in [1.29, 1.82) is 0 Å². The van der Waals surface area contributed by atoms with Gasteiger partial charge in [-0.15, -0.1) is 0 Å². The molecule has 1 nitrogen and oxygen atoms in total. The van der Waals surface area contributed by atoms with E-state index in [0.29, 0.717) is 4.83 Å². The van der Waals surface area contributed by atoms with Gasteiger partial charge in [-0.2, -0.15) is 0 Å². The van der Waals surface area contributed by atoms with Gasteiger partial charge in [0, 0.05) is 4.83 Å². The first-order chi connectivity index (χ1) is 8.78. The summed E-state index contributed by atoms with van der Waals surface area (Å²) in [7, 11) is 1.73. The van der Waals surface area contributed by atoms with Gasteiger partial charge in [-0.1, -0.05) is 60.2 Å². The summed E-state index contributed by atoms with van der Waals surface area (Å²) in [4.78, 5) is 0.604. The van der Waals surface area contributed by atoms with Gasteiger partial charge in [0.05, 0.1) is 7.11 Å². The Hall–Kier alpha value is -0.500. The highest BCUT2D eigenvalue weighted by Crippen LogP contribution is 2.30. The molecule has 1 unspecified atom stereocenters. The van der Waals surface area contributed by atoms with E-state index >= 15 is 0 Å². The van der Waals surface area contributed by atoms with Crippen LogP contribution in [0.3, 0.4) is 0 Å². The zero-order chi connectivity index (χ0) is 12.8. The molecule has 100 valence electrons. The summed E-state index contributed by atoms with van der Waals surface area (Å²) < 4.78 is 5.27. The normalized spacial score (nSPS) is 18.6. The van der Waals surface area contributed by atoms with Gasteiger partial charge in [-0.25, -0.2) is 0 Å². The largest absolute Gasteiger partial charge is 0.497 e. The number of hydrogen-bond donors (Lipinski definition) is 0. The number of methoxy groups -OCH3 is 1. The Bertz CT molecular complexity index is 358. The van der Waals surface area contributed by atoms with E-state index in [0.717, 1.165) is 18.1 Å². The van der Waals surface area contributed by atoms with Gasteiger partial charge in [-0.05, 0) is 36.5 Å². The number of alkyl halides is 1. The van der Waals surface area contributed by atoms with Gasteiger partial charge in [-0.3, -0.25) is 0 Å². The molecule has 1 aromatic rings. The van der Waals surface area contributed by atoms with Crippen molar-refractivity contribution in [3.63, 3.8) is 0 Å². The lowest BCUT2D eigenvalue weighted by Gasteiger charge is -2.24. The fourth-order valence-corrected chi connectivity index (χ4v) is 3.83. The topological polar surface area (TPSA) is 9.23 Å². The van der Waals surface area contributed by atoms with Crippen LogP contribution in [0.4, 0.5) is 0 Å². The van der Waals surface area contributed by atoms with E-state index in [2.05, 4.69) is 34.1 Å². The molecule has 1 fully saturated rings. The molecule has 2 heteroatoms. The fourth-order valence-electron chi connectivity index (χ4n) is 2.92. The number of halogens is 1. The number of hydrogen-bond acceptors (Lipinski definition) is 1. The lowest BCUT2D eigenvalue weighted by atomic mass is 9.85. The van der Waals surface area contributed by atoms with Crippen molar-refractivity contribution < 1.29 is 4.74 Å². The summed E-state index contributed by atoms with van der Waals surface area (Å²) in [5, 5.41) is 0. The highest BCUT2D eigenvalue weighted by atomic mass is 79.9. The summed E-state index contributed by atoms with van der Waals surface area (Å²) in [6.07, 6.45) is 9.60. The summed E-state index contributed by atoms with van der Waals surface area (Å²) in [5.74, 6) is 1.90. The number of benzene rings is 1. The van der Waals surface area contributed by atoms with E-state index in [9.17, 15) is 0 Å². The van der Waals surface area contributed by atoms with E-state index in [1.165, 1.54) is 44.1 Å². The Balaban J connectivity index is 1.83. The molecule has 1 aliphatic rings. The molecule has 0 spiro atoms. The first-order valence-electron chi connectivity index (χ1n) is 7.05. The van der Waals surface area contributed by atoms with Crippen LogP contribution in [-0.2, 0) is 6.42 Å². The van der Waals surface area contributed by atoms with Crippen LogP contribution in [0.25, 0.3) is 0 Å². The fraction of sp³-hybridized carbons (Fsp3) is 0.625. The lowest BCUT2D eigenvalue weighted by Crippen LogP contribution is -2.13. The standard InChI is InChI=1S/C16H23BrO/c1-18-16-9-5-8-14(12-16)11-15(17)10-13-6-3-2-4-7-13/h5,8-9,12-13,15H,2-4,6-7,10-11H2,1H3. The summed E-state index contributed by atoms with van der Waals surface area (Å²) >= 11 is 3.86. The lowest BCUT2D eigenvalue weighted by molar-refractivity contribution is 0.337. The number of ether oxygens (including phenoxy) is 1. The van der Waals surface area contributed by atoms with Crippen molar-refractivity contribution in [2.24, 2.45) is 5.92 Å². The van der Waals surface area contributed by atoms with Crippen LogP contribution in [0.5, 0.6) is 5.75 Å². The Morgan fingerprint density at radius 3 is 2.78 bits per heavy atom. The Kier molecular flexibility index (Phi) is 5.55. The quantitative estimate of drug-likeness (QED) is 0.698. The first-order valence-corrected chi connectivity index (χ1v) is 7.96. The van der Waals surface area contributed by atoms with Crippen molar-refractivity contribution >= 4 is 15.9 Å². The Morgan fingerprint density at radius 1 is 1.28 bits per heavy atom. The van der Waals surface area contributed by atoms with Gasteiger partial charge >= 0.3 is 0 Å². The minimum atomic E-state index is 0.604. The zero-order valence-corrected chi connectivity index (χ0v) is 12.8. The summed E-state index contributed by atoms with van der Waals surface area (Å²) in [6, 6.07) is 8.43. The highest BCUT2D eigenvalue weighted by Gasteiger charge is 2.17. The van der Waals surface area contributed by atoms with E-state index in [1.807, 2.05) is 6.07 Å².